The average Bonchev–Trinajstić information content (AvgIpc) is 2.75. The first-order valence-corrected chi connectivity index (χ1v) is 12.4. The second kappa shape index (κ2) is 9.94. The topological polar surface area (TPSA) is 69.7 Å². The molecule has 0 aliphatic carbocycles. The van der Waals surface area contributed by atoms with Gasteiger partial charge in [0.2, 0.25) is 15.9 Å². The van der Waals surface area contributed by atoms with Crippen LogP contribution in [0.2, 0.25) is 0 Å². The molecule has 0 saturated carbocycles. The van der Waals surface area contributed by atoms with Crippen molar-refractivity contribution in [3.63, 3.8) is 0 Å². The van der Waals surface area contributed by atoms with E-state index in [1.165, 1.54) is 4.31 Å². The standard InChI is InChI=1S/C24H33N3O3S/c1-5-20-8-6-7-19(4)24(20)25-23(28)17-26-13-15-27(16-14-26)31(29,30)22-11-9-21(10-12-22)18(2)3/h6-12,18H,5,13-17H2,1-4H3,(H,25,28). The van der Waals surface area contributed by atoms with Crippen molar-refractivity contribution >= 4 is 21.6 Å². The lowest BCUT2D eigenvalue weighted by Gasteiger charge is -2.33. The minimum Gasteiger partial charge on any atom is -0.324 e. The number of nitrogens with zero attached hydrogens (tertiary/aromatic N) is 2. The zero-order chi connectivity index (χ0) is 22.6. The molecular formula is C24H33N3O3S. The van der Waals surface area contributed by atoms with E-state index in [0.29, 0.717) is 37.0 Å². The van der Waals surface area contributed by atoms with Crippen LogP contribution >= 0.6 is 0 Å². The van der Waals surface area contributed by atoms with Crippen molar-refractivity contribution < 1.29 is 13.2 Å². The third-order valence-corrected chi connectivity index (χ3v) is 7.80. The molecule has 7 heteroatoms. The molecule has 3 rings (SSSR count). The Bertz CT molecular complexity index is 1010. The molecule has 1 fully saturated rings. The van der Waals surface area contributed by atoms with Crippen LogP contribution in [0.3, 0.4) is 0 Å². The van der Waals surface area contributed by atoms with Crippen LogP contribution in [0.1, 0.15) is 43.4 Å². The summed E-state index contributed by atoms with van der Waals surface area (Å²) in [5, 5.41) is 3.05. The molecule has 0 radical (unpaired) electrons. The second-order valence-electron chi connectivity index (χ2n) is 8.41. The first-order chi connectivity index (χ1) is 14.7. The molecule has 0 aromatic heterocycles. The molecule has 168 valence electrons. The molecule has 1 amide bonds. The number of nitrogens with one attached hydrogen (secondary N) is 1. The number of sulfonamides is 1. The normalized spacial score (nSPS) is 15.9. The fourth-order valence-electron chi connectivity index (χ4n) is 3.89. The molecular weight excluding hydrogens is 410 g/mol. The predicted octanol–water partition coefficient (Wildman–Crippen LogP) is 3.63. The third kappa shape index (κ3) is 5.53. The van der Waals surface area contributed by atoms with Gasteiger partial charge in [0.15, 0.2) is 0 Å². The minimum atomic E-state index is -3.51. The largest absolute Gasteiger partial charge is 0.324 e. The van der Waals surface area contributed by atoms with Crippen molar-refractivity contribution in [3.05, 3.63) is 59.2 Å². The predicted molar refractivity (Wildman–Crippen MR) is 125 cm³/mol. The van der Waals surface area contributed by atoms with Crippen LogP contribution in [0.4, 0.5) is 5.69 Å². The molecule has 1 aliphatic rings. The van der Waals surface area contributed by atoms with E-state index in [0.717, 1.165) is 28.8 Å². The molecule has 6 nitrogen and oxygen atoms in total. The highest BCUT2D eigenvalue weighted by molar-refractivity contribution is 7.89. The fourth-order valence-corrected chi connectivity index (χ4v) is 5.31. The molecule has 2 aromatic carbocycles. The van der Waals surface area contributed by atoms with E-state index in [-0.39, 0.29) is 12.5 Å². The van der Waals surface area contributed by atoms with Crippen molar-refractivity contribution in [2.75, 3.05) is 38.0 Å². The van der Waals surface area contributed by atoms with E-state index in [1.54, 1.807) is 12.1 Å². The summed E-state index contributed by atoms with van der Waals surface area (Å²) in [4.78, 5) is 14.9. The van der Waals surface area contributed by atoms with Crippen molar-refractivity contribution in [2.24, 2.45) is 0 Å². The van der Waals surface area contributed by atoms with E-state index in [2.05, 4.69) is 26.1 Å². The SMILES string of the molecule is CCc1cccc(C)c1NC(=O)CN1CCN(S(=O)(=O)c2ccc(C(C)C)cc2)CC1. The van der Waals surface area contributed by atoms with Crippen LogP contribution < -0.4 is 5.32 Å². The molecule has 0 atom stereocenters. The molecule has 2 aromatic rings. The van der Waals surface area contributed by atoms with Crippen molar-refractivity contribution in [1.29, 1.82) is 0 Å². The molecule has 31 heavy (non-hydrogen) atoms. The number of hydrogen-bond acceptors (Lipinski definition) is 4. The number of hydrogen-bond donors (Lipinski definition) is 1. The van der Waals surface area contributed by atoms with Gasteiger partial charge in [-0.2, -0.15) is 4.31 Å². The monoisotopic (exact) mass is 443 g/mol. The summed E-state index contributed by atoms with van der Waals surface area (Å²) in [6.45, 7) is 10.3. The highest BCUT2D eigenvalue weighted by atomic mass is 32.2. The fraction of sp³-hybridized carbons (Fsp3) is 0.458. The number of rotatable bonds is 7. The number of piperazine rings is 1. The summed E-state index contributed by atoms with van der Waals surface area (Å²) in [7, 11) is -3.51. The Morgan fingerprint density at radius 3 is 2.26 bits per heavy atom. The number of anilines is 1. The summed E-state index contributed by atoms with van der Waals surface area (Å²) in [5.74, 6) is 0.295. The molecule has 1 N–H and O–H groups in total. The maximum atomic E-state index is 13.0. The molecule has 0 bridgehead atoms. The van der Waals surface area contributed by atoms with Crippen LogP contribution in [-0.2, 0) is 21.2 Å². The molecule has 1 heterocycles. The third-order valence-electron chi connectivity index (χ3n) is 5.89. The van der Waals surface area contributed by atoms with Crippen LogP contribution in [0.25, 0.3) is 0 Å². The van der Waals surface area contributed by atoms with Crippen LogP contribution in [0.15, 0.2) is 47.4 Å². The number of amides is 1. The van der Waals surface area contributed by atoms with Gasteiger partial charge in [-0.1, -0.05) is 51.1 Å². The Kier molecular flexibility index (Phi) is 7.51. The van der Waals surface area contributed by atoms with Gasteiger partial charge < -0.3 is 5.32 Å². The van der Waals surface area contributed by atoms with Gasteiger partial charge in [0.05, 0.1) is 11.4 Å². The highest BCUT2D eigenvalue weighted by Gasteiger charge is 2.29. The quantitative estimate of drug-likeness (QED) is 0.710. The van der Waals surface area contributed by atoms with Gasteiger partial charge in [-0.3, -0.25) is 9.69 Å². The maximum Gasteiger partial charge on any atom is 0.243 e. The molecule has 1 saturated heterocycles. The summed E-state index contributed by atoms with van der Waals surface area (Å²) >= 11 is 0. The van der Waals surface area contributed by atoms with Crippen molar-refractivity contribution in [1.82, 2.24) is 9.21 Å². The lowest BCUT2D eigenvalue weighted by molar-refractivity contribution is -0.117. The Morgan fingerprint density at radius 2 is 1.68 bits per heavy atom. The molecule has 0 unspecified atom stereocenters. The van der Waals surface area contributed by atoms with E-state index in [9.17, 15) is 13.2 Å². The van der Waals surface area contributed by atoms with Gasteiger partial charge in [0.1, 0.15) is 0 Å². The summed E-state index contributed by atoms with van der Waals surface area (Å²) in [6, 6.07) is 13.2. The number of para-hydroxylation sites is 1. The Hall–Kier alpha value is -2.22. The van der Waals surface area contributed by atoms with Gasteiger partial charge in [-0.15, -0.1) is 0 Å². The Morgan fingerprint density at radius 1 is 1.03 bits per heavy atom. The average molecular weight is 444 g/mol. The maximum absolute atomic E-state index is 13.0. The van der Waals surface area contributed by atoms with Gasteiger partial charge in [0.25, 0.3) is 0 Å². The first kappa shape index (κ1) is 23.4. The van der Waals surface area contributed by atoms with Gasteiger partial charge in [-0.25, -0.2) is 8.42 Å². The van der Waals surface area contributed by atoms with Gasteiger partial charge in [0, 0.05) is 31.9 Å². The van der Waals surface area contributed by atoms with Gasteiger partial charge >= 0.3 is 0 Å². The first-order valence-electron chi connectivity index (χ1n) is 10.9. The van der Waals surface area contributed by atoms with Crippen LogP contribution in [0, 0.1) is 6.92 Å². The van der Waals surface area contributed by atoms with E-state index < -0.39 is 10.0 Å². The molecule has 0 spiro atoms. The summed E-state index contributed by atoms with van der Waals surface area (Å²) in [6.07, 6.45) is 0.853. The van der Waals surface area contributed by atoms with Crippen molar-refractivity contribution in [2.45, 2.75) is 44.9 Å². The van der Waals surface area contributed by atoms with Crippen LogP contribution in [-0.4, -0.2) is 56.3 Å². The lowest BCUT2D eigenvalue weighted by Crippen LogP contribution is -2.50. The number of carbonyl (C=O) groups is 1. The minimum absolute atomic E-state index is 0.0652. The summed E-state index contributed by atoms with van der Waals surface area (Å²) in [5.41, 5.74) is 4.18. The molecule has 1 aliphatic heterocycles. The Balaban J connectivity index is 1.57. The smallest absolute Gasteiger partial charge is 0.243 e. The van der Waals surface area contributed by atoms with E-state index in [4.69, 9.17) is 0 Å². The van der Waals surface area contributed by atoms with E-state index in [1.807, 2.05) is 42.2 Å². The number of benzene rings is 2. The zero-order valence-electron chi connectivity index (χ0n) is 18.9. The van der Waals surface area contributed by atoms with Crippen molar-refractivity contribution in [3.8, 4) is 0 Å². The Labute approximate surface area is 186 Å². The summed E-state index contributed by atoms with van der Waals surface area (Å²) < 4.78 is 27.5. The van der Waals surface area contributed by atoms with Crippen LogP contribution in [0.5, 0.6) is 0 Å². The number of carbonyl (C=O) groups excluding carboxylic acids is 1. The second-order valence-corrected chi connectivity index (χ2v) is 10.4. The van der Waals surface area contributed by atoms with E-state index >= 15 is 0 Å². The number of aryl methyl sites for hydroxylation is 2. The van der Waals surface area contributed by atoms with Gasteiger partial charge in [-0.05, 0) is 48.1 Å². The highest BCUT2D eigenvalue weighted by Crippen LogP contribution is 2.22. The lowest BCUT2D eigenvalue weighted by atomic mass is 10.0. The zero-order valence-corrected chi connectivity index (χ0v) is 19.7.